The number of para-hydroxylation sites is 1. The van der Waals surface area contributed by atoms with E-state index in [-0.39, 0.29) is 0 Å². The van der Waals surface area contributed by atoms with Crippen LogP contribution in [-0.2, 0) is 14.4 Å². The monoisotopic (exact) mass is 424 g/mol. The van der Waals surface area contributed by atoms with E-state index in [0.29, 0.717) is 22.7 Å². The van der Waals surface area contributed by atoms with Crippen LogP contribution < -0.4 is 19.7 Å². The number of carboxylic acid groups (broad SMARTS) is 1. The number of ether oxygens (including phenoxy) is 2. The van der Waals surface area contributed by atoms with Crippen LogP contribution in [0.15, 0.2) is 36.4 Å². The zero-order chi connectivity index (χ0) is 22.4. The molecule has 31 heavy (non-hydrogen) atoms. The fraction of sp³-hybridized carbons (Fsp3) is 0.348. The molecule has 4 rings (SSSR count). The second-order valence-corrected chi connectivity index (χ2v) is 7.87. The smallest absolute Gasteiger partial charge is 0.321 e. The lowest BCUT2D eigenvalue weighted by molar-refractivity contribution is -0.142. The number of nitrogens with one attached hydrogen (secondary N) is 1. The Morgan fingerprint density at radius 2 is 1.65 bits per heavy atom. The van der Waals surface area contributed by atoms with Crippen molar-refractivity contribution in [3.8, 4) is 11.5 Å². The Bertz CT molecular complexity index is 1060. The Balaban J connectivity index is 1.83. The van der Waals surface area contributed by atoms with Gasteiger partial charge in [0.15, 0.2) is 0 Å². The number of aliphatic carboxylic acids is 1. The van der Waals surface area contributed by atoms with Crippen LogP contribution in [0.2, 0.25) is 0 Å². The van der Waals surface area contributed by atoms with Crippen molar-refractivity contribution in [3.05, 3.63) is 53.1 Å². The van der Waals surface area contributed by atoms with Gasteiger partial charge in [0.25, 0.3) is 0 Å². The molecule has 2 aromatic carbocycles. The van der Waals surface area contributed by atoms with Gasteiger partial charge in [0.1, 0.15) is 17.5 Å². The number of methoxy groups -OCH3 is 2. The molecular formula is C23H24N2O6. The number of benzene rings is 2. The molecule has 2 aliphatic heterocycles. The van der Waals surface area contributed by atoms with Crippen molar-refractivity contribution in [3.63, 3.8) is 0 Å². The number of amides is 2. The number of carboxylic acids is 1. The molecule has 2 heterocycles. The van der Waals surface area contributed by atoms with E-state index in [1.165, 1.54) is 19.1 Å². The summed E-state index contributed by atoms with van der Waals surface area (Å²) in [7, 11) is 3.02. The highest BCUT2D eigenvalue weighted by Crippen LogP contribution is 2.48. The number of aryl methyl sites for hydroxylation is 2. The largest absolute Gasteiger partial charge is 0.497 e. The van der Waals surface area contributed by atoms with Crippen molar-refractivity contribution in [1.82, 2.24) is 5.32 Å². The molecule has 2 aliphatic rings. The third kappa shape index (κ3) is 3.14. The van der Waals surface area contributed by atoms with Gasteiger partial charge in [-0.1, -0.05) is 24.3 Å². The zero-order valence-electron chi connectivity index (χ0n) is 17.7. The van der Waals surface area contributed by atoms with Crippen LogP contribution in [0.4, 0.5) is 5.69 Å². The number of hydrogen-bond donors (Lipinski definition) is 2. The van der Waals surface area contributed by atoms with Crippen LogP contribution in [0.3, 0.4) is 0 Å². The molecule has 2 fully saturated rings. The summed E-state index contributed by atoms with van der Waals surface area (Å²) in [4.78, 5) is 40.2. The van der Waals surface area contributed by atoms with Gasteiger partial charge in [-0.15, -0.1) is 0 Å². The van der Waals surface area contributed by atoms with Crippen molar-refractivity contribution in [2.45, 2.75) is 25.9 Å². The summed E-state index contributed by atoms with van der Waals surface area (Å²) in [6.07, 6.45) is 0. The van der Waals surface area contributed by atoms with Gasteiger partial charge in [-0.2, -0.15) is 0 Å². The van der Waals surface area contributed by atoms with Crippen molar-refractivity contribution < 1.29 is 29.0 Å². The van der Waals surface area contributed by atoms with Crippen molar-refractivity contribution >= 4 is 23.5 Å². The SMILES string of the molecule is COc1ccc([C@@H]2N[C@H](C(=O)O)[C@@H]3C(=O)N(c4c(C)cccc4C)C(=O)[C@@H]32)c(OC)c1. The van der Waals surface area contributed by atoms with Gasteiger partial charge in [0.05, 0.1) is 31.7 Å². The van der Waals surface area contributed by atoms with Crippen LogP contribution in [0.1, 0.15) is 22.7 Å². The highest BCUT2D eigenvalue weighted by Gasteiger charge is 2.62. The topological polar surface area (TPSA) is 105 Å². The van der Waals surface area contributed by atoms with Gasteiger partial charge in [-0.05, 0) is 31.0 Å². The van der Waals surface area contributed by atoms with E-state index in [1.807, 2.05) is 32.0 Å². The lowest BCUT2D eigenvalue weighted by Crippen LogP contribution is -2.43. The summed E-state index contributed by atoms with van der Waals surface area (Å²) >= 11 is 0. The van der Waals surface area contributed by atoms with E-state index in [2.05, 4.69) is 5.32 Å². The number of hydrogen-bond acceptors (Lipinski definition) is 6. The molecule has 0 unspecified atom stereocenters. The molecule has 0 saturated carbocycles. The van der Waals surface area contributed by atoms with E-state index in [1.54, 1.807) is 18.2 Å². The van der Waals surface area contributed by atoms with Crippen molar-refractivity contribution in [2.75, 3.05) is 19.1 Å². The zero-order valence-corrected chi connectivity index (χ0v) is 17.7. The number of imide groups is 1. The Hall–Kier alpha value is -3.39. The summed E-state index contributed by atoms with van der Waals surface area (Å²) in [5.41, 5.74) is 2.68. The summed E-state index contributed by atoms with van der Waals surface area (Å²) in [5, 5.41) is 12.8. The maximum absolute atomic E-state index is 13.6. The van der Waals surface area contributed by atoms with E-state index < -0.39 is 41.7 Å². The Kier molecular flexibility index (Phi) is 5.18. The van der Waals surface area contributed by atoms with Crippen LogP contribution in [0, 0.1) is 25.7 Å². The molecule has 2 aromatic rings. The Morgan fingerprint density at radius 3 is 2.23 bits per heavy atom. The first-order chi connectivity index (χ1) is 14.8. The highest BCUT2D eigenvalue weighted by molar-refractivity contribution is 6.24. The predicted molar refractivity (Wildman–Crippen MR) is 112 cm³/mol. The van der Waals surface area contributed by atoms with E-state index in [9.17, 15) is 19.5 Å². The summed E-state index contributed by atoms with van der Waals surface area (Å²) in [6.45, 7) is 3.65. The van der Waals surface area contributed by atoms with Gasteiger partial charge < -0.3 is 14.6 Å². The fourth-order valence-electron chi connectivity index (χ4n) is 4.78. The molecule has 8 heteroatoms. The normalized spacial score (nSPS) is 25.0. The van der Waals surface area contributed by atoms with Gasteiger partial charge >= 0.3 is 5.97 Å². The number of nitrogens with zero attached hydrogens (tertiary/aromatic N) is 1. The minimum atomic E-state index is -1.19. The van der Waals surface area contributed by atoms with Crippen LogP contribution in [0.5, 0.6) is 11.5 Å². The highest BCUT2D eigenvalue weighted by atomic mass is 16.5. The number of carbonyl (C=O) groups is 3. The van der Waals surface area contributed by atoms with Crippen molar-refractivity contribution in [2.24, 2.45) is 11.8 Å². The van der Waals surface area contributed by atoms with E-state index in [0.717, 1.165) is 11.1 Å². The molecule has 2 amide bonds. The minimum Gasteiger partial charge on any atom is -0.497 e. The quantitative estimate of drug-likeness (QED) is 0.709. The first kappa shape index (κ1) is 20.9. The van der Waals surface area contributed by atoms with E-state index >= 15 is 0 Å². The molecule has 0 aromatic heterocycles. The molecule has 2 N–H and O–H groups in total. The third-order valence-electron chi connectivity index (χ3n) is 6.18. The van der Waals surface area contributed by atoms with Crippen LogP contribution >= 0.6 is 0 Å². The maximum atomic E-state index is 13.6. The fourth-order valence-corrected chi connectivity index (χ4v) is 4.78. The molecule has 0 aliphatic carbocycles. The number of rotatable bonds is 5. The van der Waals surface area contributed by atoms with Gasteiger partial charge in [0, 0.05) is 17.7 Å². The number of carbonyl (C=O) groups excluding carboxylic acids is 2. The summed E-state index contributed by atoms with van der Waals surface area (Å²) < 4.78 is 10.7. The second kappa shape index (κ2) is 7.70. The first-order valence-electron chi connectivity index (χ1n) is 9.95. The number of fused-ring (bicyclic) bond motifs is 1. The lowest BCUT2D eigenvalue weighted by atomic mass is 9.86. The summed E-state index contributed by atoms with van der Waals surface area (Å²) in [6, 6.07) is 8.74. The lowest BCUT2D eigenvalue weighted by Gasteiger charge is -2.24. The van der Waals surface area contributed by atoms with Gasteiger partial charge in [0.2, 0.25) is 11.8 Å². The standard InChI is InChI=1S/C23H24N2O6/c1-11-6-5-7-12(2)20(11)25-21(26)16-17(22(25)27)19(23(28)29)24-18(16)14-9-8-13(30-3)10-15(14)31-4/h5-10,16-19,24H,1-4H3,(H,28,29)/t16-,17+,18-,19-/m0/s1. The minimum absolute atomic E-state index is 0.411. The molecule has 0 bridgehead atoms. The van der Waals surface area contributed by atoms with Crippen LogP contribution in [-0.4, -0.2) is 43.2 Å². The first-order valence-corrected chi connectivity index (χ1v) is 9.95. The van der Waals surface area contributed by atoms with Crippen molar-refractivity contribution in [1.29, 1.82) is 0 Å². The van der Waals surface area contributed by atoms with Gasteiger partial charge in [-0.25, -0.2) is 4.90 Å². The molecule has 162 valence electrons. The average molecular weight is 424 g/mol. The molecule has 0 spiro atoms. The Morgan fingerprint density at radius 1 is 1.00 bits per heavy atom. The second-order valence-electron chi connectivity index (χ2n) is 7.87. The van der Waals surface area contributed by atoms with Crippen LogP contribution in [0.25, 0.3) is 0 Å². The molecule has 0 radical (unpaired) electrons. The van der Waals surface area contributed by atoms with Gasteiger partial charge in [-0.3, -0.25) is 19.7 Å². The third-order valence-corrected chi connectivity index (χ3v) is 6.18. The molecule has 8 nitrogen and oxygen atoms in total. The molecule has 4 atom stereocenters. The Labute approximate surface area is 179 Å². The average Bonchev–Trinajstić information content (AvgIpc) is 3.26. The predicted octanol–water partition coefficient (Wildman–Crippen LogP) is 2.22. The molecular weight excluding hydrogens is 400 g/mol. The summed E-state index contributed by atoms with van der Waals surface area (Å²) in [5.74, 6) is -2.94. The molecule has 2 saturated heterocycles. The van der Waals surface area contributed by atoms with E-state index in [4.69, 9.17) is 9.47 Å². The number of anilines is 1. The maximum Gasteiger partial charge on any atom is 0.321 e.